The van der Waals surface area contributed by atoms with Crippen LogP contribution in [-0.2, 0) is 9.59 Å². The normalized spacial score (nSPS) is 21.4. The predicted molar refractivity (Wildman–Crippen MR) is 96.0 cm³/mol. The van der Waals surface area contributed by atoms with Gasteiger partial charge in [0.15, 0.2) is 0 Å². The van der Waals surface area contributed by atoms with Crippen LogP contribution >= 0.6 is 0 Å². The highest BCUT2D eigenvalue weighted by molar-refractivity contribution is 5.83. The number of rotatable bonds is 4. The predicted octanol–water partition coefficient (Wildman–Crippen LogP) is 2.01. The first-order valence-corrected chi connectivity index (χ1v) is 9.27. The van der Waals surface area contributed by atoms with Crippen LogP contribution in [0.15, 0.2) is 30.3 Å². The van der Waals surface area contributed by atoms with E-state index in [0.29, 0.717) is 13.0 Å². The van der Waals surface area contributed by atoms with Crippen LogP contribution in [0.2, 0.25) is 0 Å². The zero-order chi connectivity index (χ0) is 17.9. The van der Waals surface area contributed by atoms with Crippen molar-refractivity contribution >= 4 is 11.8 Å². The van der Waals surface area contributed by atoms with E-state index in [1.165, 1.54) is 0 Å². The third-order valence-corrected chi connectivity index (χ3v) is 5.92. The average molecular weight is 344 g/mol. The number of aliphatic hydroxyl groups excluding tert-OH is 1. The van der Waals surface area contributed by atoms with Crippen LogP contribution in [0.25, 0.3) is 0 Å². The smallest absolute Gasteiger partial charge is 0.229 e. The number of aliphatic hydroxyl groups is 1. The Morgan fingerprint density at radius 3 is 2.52 bits per heavy atom. The Hall–Kier alpha value is -1.88. The lowest BCUT2D eigenvalue weighted by atomic mass is 9.72. The molecule has 1 atom stereocenters. The van der Waals surface area contributed by atoms with Crippen LogP contribution in [0.5, 0.6) is 0 Å². The van der Waals surface area contributed by atoms with Gasteiger partial charge in [-0.2, -0.15) is 0 Å². The summed E-state index contributed by atoms with van der Waals surface area (Å²) in [5.74, 6) is 0.227. The molecule has 2 saturated heterocycles. The summed E-state index contributed by atoms with van der Waals surface area (Å²) in [7, 11) is 0. The van der Waals surface area contributed by atoms with Gasteiger partial charge < -0.3 is 14.9 Å². The molecular weight excluding hydrogens is 316 g/mol. The van der Waals surface area contributed by atoms with Crippen molar-refractivity contribution in [2.75, 3.05) is 32.8 Å². The minimum atomic E-state index is -0.117. The number of benzene rings is 1. The molecule has 2 amide bonds. The number of piperidine rings is 2. The highest BCUT2D eigenvalue weighted by Crippen LogP contribution is 2.40. The van der Waals surface area contributed by atoms with Gasteiger partial charge in [-0.3, -0.25) is 9.59 Å². The summed E-state index contributed by atoms with van der Waals surface area (Å²) < 4.78 is 0. The van der Waals surface area contributed by atoms with Crippen LogP contribution in [0.4, 0.5) is 0 Å². The van der Waals surface area contributed by atoms with E-state index < -0.39 is 0 Å². The van der Waals surface area contributed by atoms with Gasteiger partial charge in [0.2, 0.25) is 11.8 Å². The first kappa shape index (κ1) is 17.9. The molecule has 2 heterocycles. The second-order valence-corrected chi connectivity index (χ2v) is 7.50. The van der Waals surface area contributed by atoms with Crippen molar-refractivity contribution in [2.24, 2.45) is 5.41 Å². The molecule has 136 valence electrons. The summed E-state index contributed by atoms with van der Waals surface area (Å²) in [6, 6.07) is 9.92. The molecule has 3 rings (SSSR count). The largest absolute Gasteiger partial charge is 0.395 e. The second kappa shape index (κ2) is 7.56. The van der Waals surface area contributed by atoms with Gasteiger partial charge in [-0.15, -0.1) is 0 Å². The van der Waals surface area contributed by atoms with E-state index in [0.717, 1.165) is 44.5 Å². The summed E-state index contributed by atoms with van der Waals surface area (Å²) in [6.07, 6.45) is 3.35. The fourth-order valence-corrected chi connectivity index (χ4v) is 4.19. The summed E-state index contributed by atoms with van der Waals surface area (Å²) in [5.41, 5.74) is 1.18. The third-order valence-electron chi connectivity index (χ3n) is 5.92. The maximum absolute atomic E-state index is 12.8. The van der Waals surface area contributed by atoms with E-state index >= 15 is 0 Å². The number of amides is 2. The molecule has 0 radical (unpaired) electrons. The Kier molecular flexibility index (Phi) is 5.42. The fraction of sp³-hybridized carbons (Fsp3) is 0.600. The van der Waals surface area contributed by atoms with Crippen LogP contribution in [0, 0.1) is 5.41 Å². The number of hydrogen-bond donors (Lipinski definition) is 1. The summed E-state index contributed by atoms with van der Waals surface area (Å²) >= 11 is 0. The van der Waals surface area contributed by atoms with Crippen LogP contribution in [-0.4, -0.2) is 59.5 Å². The molecule has 1 aromatic rings. The van der Waals surface area contributed by atoms with Crippen molar-refractivity contribution in [3.63, 3.8) is 0 Å². The number of likely N-dealkylation sites (tertiary alicyclic amines) is 2. The zero-order valence-electron chi connectivity index (χ0n) is 15.0. The molecule has 5 nitrogen and oxygen atoms in total. The number of carbonyl (C=O) groups excluding carboxylic acids is 2. The maximum atomic E-state index is 12.8. The molecule has 2 aliphatic heterocycles. The topological polar surface area (TPSA) is 60.9 Å². The molecule has 2 aliphatic rings. The van der Waals surface area contributed by atoms with Crippen molar-refractivity contribution in [3.8, 4) is 0 Å². The number of β-amino-alcohol motifs (C(OH)–C–C–N with tert-alkyl or cyclic N) is 1. The molecule has 0 aliphatic carbocycles. The SMILES string of the molecule is CC(C(=O)N1CCC2(CCC(=O)N(CCO)C2)CC1)c1ccccc1. The highest BCUT2D eigenvalue weighted by atomic mass is 16.3. The first-order valence-electron chi connectivity index (χ1n) is 9.27. The van der Waals surface area contributed by atoms with Gasteiger partial charge in [0.05, 0.1) is 12.5 Å². The number of nitrogens with zero attached hydrogens (tertiary/aromatic N) is 2. The summed E-state index contributed by atoms with van der Waals surface area (Å²) in [6.45, 7) is 4.66. The van der Waals surface area contributed by atoms with Crippen LogP contribution < -0.4 is 0 Å². The molecule has 0 saturated carbocycles. The van der Waals surface area contributed by atoms with Gasteiger partial charge in [0.25, 0.3) is 0 Å². The van der Waals surface area contributed by atoms with Gasteiger partial charge in [0.1, 0.15) is 0 Å². The zero-order valence-corrected chi connectivity index (χ0v) is 15.0. The molecule has 5 heteroatoms. The molecule has 25 heavy (non-hydrogen) atoms. The maximum Gasteiger partial charge on any atom is 0.229 e. The minimum absolute atomic E-state index is 0.0149. The Balaban J connectivity index is 1.60. The molecule has 1 spiro atoms. The molecule has 1 aromatic carbocycles. The lowest BCUT2D eigenvalue weighted by molar-refractivity contribution is -0.143. The molecule has 2 fully saturated rings. The van der Waals surface area contributed by atoms with Gasteiger partial charge in [-0.05, 0) is 37.2 Å². The fourth-order valence-electron chi connectivity index (χ4n) is 4.19. The molecule has 1 N–H and O–H groups in total. The van der Waals surface area contributed by atoms with E-state index in [-0.39, 0.29) is 29.8 Å². The van der Waals surface area contributed by atoms with Crippen molar-refractivity contribution in [2.45, 2.75) is 38.5 Å². The summed E-state index contributed by atoms with van der Waals surface area (Å²) in [5, 5.41) is 9.16. The van der Waals surface area contributed by atoms with Gasteiger partial charge in [0, 0.05) is 32.6 Å². The summed E-state index contributed by atoms with van der Waals surface area (Å²) in [4.78, 5) is 28.6. The van der Waals surface area contributed by atoms with Crippen molar-refractivity contribution in [1.29, 1.82) is 0 Å². The Labute approximate surface area is 149 Å². The average Bonchev–Trinajstić information content (AvgIpc) is 2.65. The van der Waals surface area contributed by atoms with Crippen molar-refractivity contribution < 1.29 is 14.7 Å². The molecule has 0 aromatic heterocycles. The third kappa shape index (κ3) is 3.87. The lowest BCUT2D eigenvalue weighted by Gasteiger charge is -2.47. The van der Waals surface area contributed by atoms with E-state index in [2.05, 4.69) is 0 Å². The Bertz CT molecular complexity index is 609. The monoisotopic (exact) mass is 344 g/mol. The van der Waals surface area contributed by atoms with E-state index in [1.807, 2.05) is 42.2 Å². The Morgan fingerprint density at radius 1 is 1.20 bits per heavy atom. The van der Waals surface area contributed by atoms with Crippen molar-refractivity contribution in [3.05, 3.63) is 35.9 Å². The lowest BCUT2D eigenvalue weighted by Crippen LogP contribution is -2.53. The van der Waals surface area contributed by atoms with Gasteiger partial charge in [-0.1, -0.05) is 30.3 Å². The quantitative estimate of drug-likeness (QED) is 0.909. The van der Waals surface area contributed by atoms with Gasteiger partial charge >= 0.3 is 0 Å². The minimum Gasteiger partial charge on any atom is -0.395 e. The van der Waals surface area contributed by atoms with E-state index in [4.69, 9.17) is 5.11 Å². The second-order valence-electron chi connectivity index (χ2n) is 7.50. The van der Waals surface area contributed by atoms with E-state index in [9.17, 15) is 9.59 Å². The Morgan fingerprint density at radius 2 is 1.88 bits per heavy atom. The number of carbonyl (C=O) groups is 2. The molecule has 0 bridgehead atoms. The van der Waals surface area contributed by atoms with E-state index in [1.54, 1.807) is 4.90 Å². The standard InChI is InChI=1S/C20H28N2O3/c1-16(17-5-3-2-4-6-17)19(25)21-11-9-20(10-12-21)8-7-18(24)22(15-20)13-14-23/h2-6,16,23H,7-15H2,1H3. The van der Waals surface area contributed by atoms with Gasteiger partial charge in [-0.25, -0.2) is 0 Å². The molecule has 1 unspecified atom stereocenters. The van der Waals surface area contributed by atoms with Crippen molar-refractivity contribution in [1.82, 2.24) is 9.80 Å². The van der Waals surface area contributed by atoms with Crippen LogP contribution in [0.3, 0.4) is 0 Å². The highest BCUT2D eigenvalue weighted by Gasteiger charge is 2.41. The van der Waals surface area contributed by atoms with Crippen LogP contribution in [0.1, 0.15) is 44.1 Å². The first-order chi connectivity index (χ1) is 12.0. The molecular formula is C20H28N2O3. The number of hydrogen-bond acceptors (Lipinski definition) is 3.